The number of carbonyl (C=O) groups excluding carboxylic acids is 2. The van der Waals surface area contributed by atoms with E-state index >= 15 is 0 Å². The molecular weight excluding hydrogens is 421 g/mol. The molecule has 0 N–H and O–H groups in total. The first-order valence-corrected chi connectivity index (χ1v) is 12.8. The third-order valence-corrected chi connectivity index (χ3v) is 8.51. The van der Waals surface area contributed by atoms with Crippen LogP contribution in [0.15, 0.2) is 18.2 Å². The van der Waals surface area contributed by atoms with Crippen LogP contribution in [-0.4, -0.2) is 67.2 Å². The molecule has 1 spiro atoms. The van der Waals surface area contributed by atoms with E-state index in [4.69, 9.17) is 4.74 Å². The van der Waals surface area contributed by atoms with Crippen LogP contribution in [0.4, 0.5) is 14.9 Å². The van der Waals surface area contributed by atoms with Crippen LogP contribution in [0.25, 0.3) is 0 Å². The molecule has 1 aromatic carbocycles. The Labute approximate surface area is 196 Å². The quantitative estimate of drug-likeness (QED) is 0.679. The molecule has 1 aromatic rings. The summed E-state index contributed by atoms with van der Waals surface area (Å²) in [6.45, 7) is 6.32. The number of hydrogen-bond donors (Lipinski definition) is 0. The van der Waals surface area contributed by atoms with Gasteiger partial charge in [0.2, 0.25) is 5.91 Å². The third-order valence-electron chi connectivity index (χ3n) is 8.51. The van der Waals surface area contributed by atoms with Gasteiger partial charge in [-0.05, 0) is 82.3 Å². The Morgan fingerprint density at radius 3 is 2.42 bits per heavy atom. The first-order chi connectivity index (χ1) is 16.0. The SMILES string of the molecule is CCOC(=O)N1CCC(N2CCC3(CC2)CN(C(=O)C2CCCC2)c2ccc(F)cc23)CC1. The van der Waals surface area contributed by atoms with E-state index in [-0.39, 0.29) is 29.2 Å². The minimum Gasteiger partial charge on any atom is -0.450 e. The van der Waals surface area contributed by atoms with E-state index in [0.29, 0.717) is 19.2 Å². The lowest BCUT2D eigenvalue weighted by atomic mass is 9.74. The molecule has 0 bridgehead atoms. The lowest BCUT2D eigenvalue weighted by molar-refractivity contribution is -0.122. The Morgan fingerprint density at radius 2 is 1.76 bits per heavy atom. The van der Waals surface area contributed by atoms with Gasteiger partial charge in [-0.25, -0.2) is 9.18 Å². The highest BCUT2D eigenvalue weighted by molar-refractivity contribution is 5.98. The molecule has 0 radical (unpaired) electrons. The van der Waals surface area contributed by atoms with Gasteiger partial charge in [0.1, 0.15) is 5.82 Å². The number of nitrogens with zero attached hydrogens (tertiary/aromatic N) is 3. The van der Waals surface area contributed by atoms with Gasteiger partial charge in [-0.15, -0.1) is 0 Å². The Morgan fingerprint density at radius 1 is 1.06 bits per heavy atom. The lowest BCUT2D eigenvalue weighted by Crippen LogP contribution is -2.52. The average Bonchev–Trinajstić information content (AvgIpc) is 3.47. The molecule has 33 heavy (non-hydrogen) atoms. The normalized spacial score (nSPS) is 23.8. The lowest BCUT2D eigenvalue weighted by Gasteiger charge is -2.45. The number of ether oxygens (including phenoxy) is 1. The van der Waals surface area contributed by atoms with Crippen molar-refractivity contribution in [3.63, 3.8) is 0 Å². The topological polar surface area (TPSA) is 53.1 Å². The van der Waals surface area contributed by atoms with Crippen molar-refractivity contribution in [3.8, 4) is 0 Å². The Bertz CT molecular complexity index is 885. The van der Waals surface area contributed by atoms with Crippen LogP contribution in [0, 0.1) is 11.7 Å². The highest BCUT2D eigenvalue weighted by Crippen LogP contribution is 2.48. The van der Waals surface area contributed by atoms with Crippen LogP contribution in [0.5, 0.6) is 0 Å². The summed E-state index contributed by atoms with van der Waals surface area (Å²) in [6.07, 6.45) is 7.84. The molecule has 5 rings (SSSR count). The van der Waals surface area contributed by atoms with E-state index < -0.39 is 0 Å². The van der Waals surface area contributed by atoms with E-state index in [1.165, 1.54) is 6.07 Å². The molecule has 0 aromatic heterocycles. The number of likely N-dealkylation sites (tertiary alicyclic amines) is 2. The van der Waals surface area contributed by atoms with Crippen molar-refractivity contribution in [1.82, 2.24) is 9.80 Å². The van der Waals surface area contributed by atoms with Crippen molar-refractivity contribution in [2.45, 2.75) is 69.7 Å². The largest absolute Gasteiger partial charge is 0.450 e. The van der Waals surface area contributed by atoms with Crippen LogP contribution in [-0.2, 0) is 14.9 Å². The van der Waals surface area contributed by atoms with Gasteiger partial charge in [-0.3, -0.25) is 4.79 Å². The van der Waals surface area contributed by atoms with E-state index in [1.807, 2.05) is 22.8 Å². The molecule has 3 fully saturated rings. The Balaban J connectivity index is 1.26. The summed E-state index contributed by atoms with van der Waals surface area (Å²) >= 11 is 0. The molecule has 7 heteroatoms. The van der Waals surface area contributed by atoms with E-state index in [1.54, 1.807) is 6.07 Å². The fourth-order valence-electron chi connectivity index (χ4n) is 6.60. The van der Waals surface area contributed by atoms with Gasteiger partial charge in [0, 0.05) is 42.7 Å². The summed E-state index contributed by atoms with van der Waals surface area (Å²) < 4.78 is 19.4. The molecule has 1 aliphatic carbocycles. The second-order valence-electron chi connectivity index (χ2n) is 10.3. The zero-order valence-corrected chi connectivity index (χ0v) is 19.7. The predicted octanol–water partition coefficient (Wildman–Crippen LogP) is 4.32. The molecule has 1 saturated carbocycles. The van der Waals surface area contributed by atoms with Gasteiger partial charge < -0.3 is 19.4 Å². The van der Waals surface area contributed by atoms with Crippen molar-refractivity contribution in [2.75, 3.05) is 44.2 Å². The summed E-state index contributed by atoms with van der Waals surface area (Å²) in [4.78, 5) is 31.7. The Kier molecular flexibility index (Phi) is 6.34. The summed E-state index contributed by atoms with van der Waals surface area (Å²) in [5.74, 6) is 0.158. The molecule has 4 aliphatic rings. The van der Waals surface area contributed by atoms with Crippen molar-refractivity contribution >= 4 is 17.7 Å². The number of hydrogen-bond acceptors (Lipinski definition) is 4. The zero-order chi connectivity index (χ0) is 23.0. The standard InChI is InChI=1S/C26H36FN3O3/c1-2-33-25(32)29-13-9-21(10-14-29)28-15-11-26(12-16-28)18-30(24(31)19-5-3-4-6-19)23-8-7-20(27)17-22(23)26/h7-8,17,19,21H,2-6,9-16,18H2,1H3. The second-order valence-corrected chi connectivity index (χ2v) is 10.3. The number of anilines is 1. The minimum atomic E-state index is -0.211. The highest BCUT2D eigenvalue weighted by Gasteiger charge is 2.48. The number of amides is 2. The molecule has 3 heterocycles. The molecule has 0 unspecified atom stereocenters. The molecule has 3 aliphatic heterocycles. The third kappa shape index (κ3) is 4.25. The summed E-state index contributed by atoms with van der Waals surface area (Å²) in [5.41, 5.74) is 1.82. The average molecular weight is 458 g/mol. The highest BCUT2D eigenvalue weighted by atomic mass is 19.1. The summed E-state index contributed by atoms with van der Waals surface area (Å²) in [7, 11) is 0. The smallest absolute Gasteiger partial charge is 0.409 e. The van der Waals surface area contributed by atoms with Crippen molar-refractivity contribution in [2.24, 2.45) is 5.92 Å². The molecule has 180 valence electrons. The van der Waals surface area contributed by atoms with Crippen molar-refractivity contribution in [3.05, 3.63) is 29.6 Å². The van der Waals surface area contributed by atoms with Gasteiger partial charge in [-0.2, -0.15) is 0 Å². The fourth-order valence-corrected chi connectivity index (χ4v) is 6.60. The maximum Gasteiger partial charge on any atom is 0.409 e. The predicted molar refractivity (Wildman–Crippen MR) is 125 cm³/mol. The van der Waals surface area contributed by atoms with E-state index in [0.717, 1.165) is 88.8 Å². The van der Waals surface area contributed by atoms with Gasteiger partial charge in [0.05, 0.1) is 6.61 Å². The minimum absolute atomic E-state index is 0.128. The molecule has 0 atom stereocenters. The van der Waals surface area contributed by atoms with E-state index in [2.05, 4.69) is 4.90 Å². The summed E-state index contributed by atoms with van der Waals surface area (Å²) in [5, 5.41) is 0. The monoisotopic (exact) mass is 457 g/mol. The second kappa shape index (κ2) is 9.24. The van der Waals surface area contributed by atoms with E-state index in [9.17, 15) is 14.0 Å². The van der Waals surface area contributed by atoms with Gasteiger partial charge >= 0.3 is 6.09 Å². The number of fused-ring (bicyclic) bond motifs is 2. The number of piperidine rings is 2. The molecule has 2 saturated heterocycles. The first-order valence-electron chi connectivity index (χ1n) is 12.8. The van der Waals surface area contributed by atoms with Crippen LogP contribution >= 0.6 is 0 Å². The molecule has 2 amide bonds. The number of benzene rings is 1. The fraction of sp³-hybridized carbons (Fsp3) is 0.692. The number of halogens is 1. The maximum atomic E-state index is 14.3. The summed E-state index contributed by atoms with van der Waals surface area (Å²) in [6, 6.07) is 5.48. The number of carbonyl (C=O) groups is 2. The molecular formula is C26H36FN3O3. The zero-order valence-electron chi connectivity index (χ0n) is 19.7. The van der Waals surface area contributed by atoms with Crippen LogP contribution in [0.2, 0.25) is 0 Å². The Hall–Kier alpha value is -2.15. The van der Waals surface area contributed by atoms with Crippen molar-refractivity contribution in [1.29, 1.82) is 0 Å². The van der Waals surface area contributed by atoms with Gasteiger partial charge in [0.25, 0.3) is 0 Å². The van der Waals surface area contributed by atoms with Gasteiger partial charge in [-0.1, -0.05) is 12.8 Å². The van der Waals surface area contributed by atoms with Gasteiger partial charge in [0.15, 0.2) is 0 Å². The van der Waals surface area contributed by atoms with Crippen molar-refractivity contribution < 1.29 is 18.7 Å². The maximum absolute atomic E-state index is 14.3. The van der Waals surface area contributed by atoms with Crippen LogP contribution in [0.1, 0.15) is 63.9 Å². The van der Waals surface area contributed by atoms with Crippen LogP contribution in [0.3, 0.4) is 0 Å². The number of rotatable bonds is 3. The molecule has 6 nitrogen and oxygen atoms in total. The first kappa shape index (κ1) is 22.6. The van der Waals surface area contributed by atoms with Crippen LogP contribution < -0.4 is 4.90 Å².